The minimum atomic E-state index is -1.26. The van der Waals surface area contributed by atoms with Gasteiger partial charge in [0, 0.05) is 38.3 Å². The molecule has 2 fully saturated rings. The van der Waals surface area contributed by atoms with Crippen LogP contribution >= 0.6 is 0 Å². The number of rotatable bonds is 7. The van der Waals surface area contributed by atoms with Gasteiger partial charge in [-0.05, 0) is 35.4 Å². The molecule has 5 rings (SSSR count). The molecule has 8 nitrogen and oxygen atoms in total. The van der Waals surface area contributed by atoms with E-state index in [-0.39, 0.29) is 12.5 Å². The number of benzene rings is 3. The Balaban J connectivity index is 1.28. The smallest absolute Gasteiger partial charge is 0.325 e. The molecule has 0 saturated carbocycles. The van der Waals surface area contributed by atoms with Crippen molar-refractivity contribution in [3.8, 4) is 5.75 Å². The summed E-state index contributed by atoms with van der Waals surface area (Å²) in [6.07, 6.45) is 0.299. The zero-order valence-corrected chi connectivity index (χ0v) is 20.8. The molecular formula is C29H30N4O4. The van der Waals surface area contributed by atoms with Gasteiger partial charge in [-0.2, -0.15) is 0 Å². The maximum absolute atomic E-state index is 13.8. The number of urea groups is 1. The maximum Gasteiger partial charge on any atom is 0.325 e. The predicted molar refractivity (Wildman–Crippen MR) is 140 cm³/mol. The van der Waals surface area contributed by atoms with Crippen molar-refractivity contribution < 1.29 is 19.1 Å². The quantitative estimate of drug-likeness (QED) is 0.507. The first-order valence-corrected chi connectivity index (χ1v) is 12.4. The van der Waals surface area contributed by atoms with Gasteiger partial charge in [0.1, 0.15) is 12.3 Å². The Morgan fingerprint density at radius 2 is 1.49 bits per heavy atom. The van der Waals surface area contributed by atoms with E-state index in [1.54, 1.807) is 12.0 Å². The monoisotopic (exact) mass is 498 g/mol. The molecule has 1 N–H and O–H groups in total. The third-order valence-electron chi connectivity index (χ3n) is 7.12. The molecule has 2 heterocycles. The Morgan fingerprint density at radius 3 is 2.11 bits per heavy atom. The molecule has 3 aromatic rings. The second-order valence-corrected chi connectivity index (χ2v) is 9.32. The number of nitrogens with zero attached hydrogens (tertiary/aromatic N) is 3. The van der Waals surface area contributed by atoms with E-state index in [2.05, 4.69) is 10.2 Å². The lowest BCUT2D eigenvalue weighted by atomic mass is 9.83. The Hall–Kier alpha value is -4.33. The second-order valence-electron chi connectivity index (χ2n) is 9.32. The number of piperazine rings is 1. The number of nitrogens with one attached hydrogen (secondary N) is 1. The highest BCUT2D eigenvalue weighted by molar-refractivity contribution is 6.09. The molecule has 37 heavy (non-hydrogen) atoms. The maximum atomic E-state index is 13.8. The van der Waals surface area contributed by atoms with Gasteiger partial charge in [-0.1, -0.05) is 60.7 Å². The van der Waals surface area contributed by atoms with E-state index in [4.69, 9.17) is 4.74 Å². The lowest BCUT2D eigenvalue weighted by Gasteiger charge is -2.36. The van der Waals surface area contributed by atoms with Crippen molar-refractivity contribution >= 4 is 23.5 Å². The van der Waals surface area contributed by atoms with Crippen molar-refractivity contribution in [2.75, 3.05) is 44.7 Å². The standard InChI is InChI=1S/C29H30N4O4/c1-37-25-14-12-24(13-15-25)31-16-18-32(19-17-31)26(34)21-33-27(35)29(30-28(33)36,23-10-6-3-7-11-23)20-22-8-4-2-5-9-22/h2-15H,16-21H2,1H3,(H,30,36)/t29-/m1/s1. The van der Waals surface area contributed by atoms with E-state index in [0.29, 0.717) is 38.2 Å². The van der Waals surface area contributed by atoms with Crippen LogP contribution in [0.15, 0.2) is 84.9 Å². The first kappa shape index (κ1) is 24.4. The van der Waals surface area contributed by atoms with Crippen LogP contribution < -0.4 is 15.0 Å². The van der Waals surface area contributed by atoms with Crippen LogP contribution in [0.2, 0.25) is 0 Å². The predicted octanol–water partition coefficient (Wildman–Crippen LogP) is 3.03. The molecule has 4 amide bonds. The zero-order chi connectivity index (χ0) is 25.8. The number of carbonyl (C=O) groups excluding carboxylic acids is 3. The summed E-state index contributed by atoms with van der Waals surface area (Å²) in [4.78, 5) is 45.1. The fourth-order valence-electron chi connectivity index (χ4n) is 5.05. The first-order valence-electron chi connectivity index (χ1n) is 12.4. The Morgan fingerprint density at radius 1 is 0.865 bits per heavy atom. The molecule has 1 atom stereocenters. The summed E-state index contributed by atoms with van der Waals surface area (Å²) in [5.74, 6) is 0.157. The highest BCUT2D eigenvalue weighted by Crippen LogP contribution is 2.33. The number of amides is 4. The third-order valence-corrected chi connectivity index (χ3v) is 7.12. The van der Waals surface area contributed by atoms with Crippen molar-refractivity contribution in [2.45, 2.75) is 12.0 Å². The van der Waals surface area contributed by atoms with Crippen molar-refractivity contribution in [1.29, 1.82) is 0 Å². The van der Waals surface area contributed by atoms with E-state index >= 15 is 0 Å². The summed E-state index contributed by atoms with van der Waals surface area (Å²) in [6, 6.07) is 26.1. The number of hydrogen-bond donors (Lipinski definition) is 1. The minimum Gasteiger partial charge on any atom is -0.497 e. The topological polar surface area (TPSA) is 82.2 Å². The summed E-state index contributed by atoms with van der Waals surface area (Å²) in [5.41, 5.74) is 1.42. The number of imide groups is 1. The van der Waals surface area contributed by atoms with E-state index in [0.717, 1.165) is 21.9 Å². The van der Waals surface area contributed by atoms with Gasteiger partial charge < -0.3 is 19.9 Å². The van der Waals surface area contributed by atoms with Gasteiger partial charge in [0.05, 0.1) is 7.11 Å². The highest BCUT2D eigenvalue weighted by Gasteiger charge is 2.53. The fourth-order valence-corrected chi connectivity index (χ4v) is 5.05. The molecule has 0 bridgehead atoms. The van der Waals surface area contributed by atoms with Crippen LogP contribution in [-0.2, 0) is 21.5 Å². The van der Waals surface area contributed by atoms with Gasteiger partial charge in [-0.25, -0.2) is 4.79 Å². The average Bonchev–Trinajstić information content (AvgIpc) is 3.19. The molecule has 0 aliphatic carbocycles. The minimum absolute atomic E-state index is 0.235. The number of hydrogen-bond acceptors (Lipinski definition) is 5. The molecular weight excluding hydrogens is 468 g/mol. The lowest BCUT2D eigenvalue weighted by molar-refractivity contribution is -0.139. The Labute approximate surface area is 216 Å². The number of carbonyl (C=O) groups is 3. The Kier molecular flexibility index (Phi) is 6.81. The highest BCUT2D eigenvalue weighted by atomic mass is 16.5. The van der Waals surface area contributed by atoms with Crippen molar-refractivity contribution in [3.63, 3.8) is 0 Å². The fraction of sp³-hybridized carbons (Fsp3) is 0.276. The van der Waals surface area contributed by atoms with Crippen molar-refractivity contribution in [3.05, 3.63) is 96.1 Å². The number of anilines is 1. The van der Waals surface area contributed by atoms with Crippen LogP contribution in [0.25, 0.3) is 0 Å². The van der Waals surface area contributed by atoms with Crippen LogP contribution in [-0.4, -0.2) is 67.5 Å². The molecule has 0 spiro atoms. The van der Waals surface area contributed by atoms with Crippen LogP contribution in [0.5, 0.6) is 5.75 Å². The molecule has 8 heteroatoms. The van der Waals surface area contributed by atoms with Crippen LogP contribution in [0.4, 0.5) is 10.5 Å². The average molecular weight is 499 g/mol. The van der Waals surface area contributed by atoms with Crippen LogP contribution in [0.1, 0.15) is 11.1 Å². The Bertz CT molecular complexity index is 1260. The molecule has 3 aromatic carbocycles. The largest absolute Gasteiger partial charge is 0.497 e. The van der Waals surface area contributed by atoms with Crippen LogP contribution in [0, 0.1) is 0 Å². The molecule has 0 radical (unpaired) electrons. The van der Waals surface area contributed by atoms with Crippen molar-refractivity contribution in [2.24, 2.45) is 0 Å². The van der Waals surface area contributed by atoms with Gasteiger partial charge in [0.2, 0.25) is 5.91 Å². The van der Waals surface area contributed by atoms with E-state index in [9.17, 15) is 14.4 Å². The van der Waals surface area contributed by atoms with Gasteiger partial charge in [0.25, 0.3) is 5.91 Å². The molecule has 2 saturated heterocycles. The summed E-state index contributed by atoms with van der Waals surface area (Å²) in [6.45, 7) is 2.08. The molecule has 2 aliphatic rings. The summed E-state index contributed by atoms with van der Waals surface area (Å²) >= 11 is 0. The van der Waals surface area contributed by atoms with Gasteiger partial charge in [0.15, 0.2) is 5.54 Å². The lowest BCUT2D eigenvalue weighted by Crippen LogP contribution is -2.52. The van der Waals surface area contributed by atoms with Gasteiger partial charge >= 0.3 is 6.03 Å². The van der Waals surface area contributed by atoms with Crippen molar-refractivity contribution in [1.82, 2.24) is 15.1 Å². The van der Waals surface area contributed by atoms with E-state index in [1.807, 2.05) is 84.9 Å². The number of ether oxygens (including phenoxy) is 1. The molecule has 0 aromatic heterocycles. The summed E-state index contributed by atoms with van der Waals surface area (Å²) in [7, 11) is 1.64. The van der Waals surface area contributed by atoms with Gasteiger partial charge in [-0.3, -0.25) is 14.5 Å². The van der Waals surface area contributed by atoms with Crippen LogP contribution in [0.3, 0.4) is 0 Å². The molecule has 0 unspecified atom stereocenters. The van der Waals surface area contributed by atoms with Gasteiger partial charge in [-0.15, -0.1) is 0 Å². The first-order chi connectivity index (χ1) is 18.0. The number of methoxy groups -OCH3 is 1. The van der Waals surface area contributed by atoms with E-state index < -0.39 is 17.5 Å². The summed E-state index contributed by atoms with van der Waals surface area (Å²) in [5, 5.41) is 2.93. The SMILES string of the molecule is COc1ccc(N2CCN(C(=O)CN3C(=O)N[C@](Cc4ccccc4)(c4ccccc4)C3=O)CC2)cc1. The zero-order valence-electron chi connectivity index (χ0n) is 20.8. The normalized spacial score (nSPS) is 19.6. The molecule has 2 aliphatic heterocycles. The second kappa shape index (κ2) is 10.3. The summed E-state index contributed by atoms with van der Waals surface area (Å²) < 4.78 is 5.23. The van der Waals surface area contributed by atoms with E-state index in [1.165, 1.54) is 0 Å². The molecule has 190 valence electrons. The third kappa shape index (κ3) is 4.87.